The van der Waals surface area contributed by atoms with E-state index < -0.39 is 10.0 Å². The molecular weight excluding hydrogens is 276 g/mol. The zero-order chi connectivity index (χ0) is 14.3. The molecule has 2 aliphatic rings. The van der Waals surface area contributed by atoms with Crippen LogP contribution in [0.15, 0.2) is 9.42 Å². The molecule has 0 unspecified atom stereocenters. The van der Waals surface area contributed by atoms with Gasteiger partial charge in [0, 0.05) is 12.6 Å². The summed E-state index contributed by atoms with van der Waals surface area (Å²) in [6.07, 6.45) is 6.66. The lowest BCUT2D eigenvalue weighted by Crippen LogP contribution is -2.49. The summed E-state index contributed by atoms with van der Waals surface area (Å²) in [4.78, 5) is 0.281. The Morgan fingerprint density at radius 1 is 1.15 bits per heavy atom. The molecule has 1 saturated heterocycles. The first-order chi connectivity index (χ1) is 9.51. The second-order valence-corrected chi connectivity index (χ2v) is 7.85. The predicted molar refractivity (Wildman–Crippen MR) is 74.8 cm³/mol. The Hall–Kier alpha value is -0.880. The number of aryl methyl sites for hydroxylation is 2. The van der Waals surface area contributed by atoms with Crippen molar-refractivity contribution in [3.8, 4) is 0 Å². The van der Waals surface area contributed by atoms with Gasteiger partial charge in [-0.05, 0) is 45.4 Å². The van der Waals surface area contributed by atoms with Gasteiger partial charge in [-0.2, -0.15) is 4.31 Å². The summed E-state index contributed by atoms with van der Waals surface area (Å²) in [7, 11) is -3.47. The van der Waals surface area contributed by atoms with E-state index in [1.807, 2.05) is 0 Å². The van der Waals surface area contributed by atoms with Crippen LogP contribution in [0.2, 0.25) is 0 Å². The van der Waals surface area contributed by atoms with Crippen LogP contribution in [0.5, 0.6) is 0 Å². The maximum Gasteiger partial charge on any atom is 0.248 e. The number of piperidine rings is 1. The van der Waals surface area contributed by atoms with E-state index in [2.05, 4.69) is 5.16 Å². The summed E-state index contributed by atoms with van der Waals surface area (Å²) in [6, 6.07) is 0.177. The predicted octanol–water partition coefficient (Wildman–Crippen LogP) is 2.63. The Balaban J connectivity index is 1.98. The largest absolute Gasteiger partial charge is 0.360 e. The van der Waals surface area contributed by atoms with Crippen molar-refractivity contribution in [2.24, 2.45) is 5.92 Å². The molecule has 1 aromatic rings. The minimum Gasteiger partial charge on any atom is -0.360 e. The molecule has 112 valence electrons. The summed E-state index contributed by atoms with van der Waals surface area (Å²) in [5.41, 5.74) is 0.473. The normalized spacial score (nSPS) is 28.3. The summed E-state index contributed by atoms with van der Waals surface area (Å²) in [5, 5.41) is 3.80. The van der Waals surface area contributed by atoms with Crippen molar-refractivity contribution >= 4 is 10.0 Å². The molecule has 0 spiro atoms. The molecule has 1 saturated carbocycles. The number of fused-ring (bicyclic) bond motifs is 1. The molecule has 20 heavy (non-hydrogen) atoms. The Kier molecular flexibility index (Phi) is 3.62. The first-order valence-corrected chi connectivity index (χ1v) is 8.90. The van der Waals surface area contributed by atoms with Gasteiger partial charge in [0.05, 0.1) is 0 Å². The fraction of sp³-hybridized carbons (Fsp3) is 0.786. The molecule has 1 aliphatic carbocycles. The monoisotopic (exact) mass is 298 g/mol. The number of hydrogen-bond donors (Lipinski definition) is 0. The topological polar surface area (TPSA) is 63.4 Å². The van der Waals surface area contributed by atoms with Gasteiger partial charge in [-0.15, -0.1) is 0 Å². The van der Waals surface area contributed by atoms with Gasteiger partial charge < -0.3 is 4.52 Å². The molecule has 0 radical (unpaired) electrons. The van der Waals surface area contributed by atoms with E-state index in [1.54, 1.807) is 18.2 Å². The molecule has 0 aromatic carbocycles. The fourth-order valence-electron chi connectivity index (χ4n) is 3.84. The average molecular weight is 298 g/mol. The third-order valence-corrected chi connectivity index (χ3v) is 6.90. The molecule has 2 heterocycles. The maximum absolute atomic E-state index is 13.0. The lowest BCUT2D eigenvalue weighted by molar-refractivity contribution is 0.129. The minimum atomic E-state index is -3.47. The third-order valence-electron chi connectivity index (χ3n) is 4.73. The second-order valence-electron chi connectivity index (χ2n) is 6.02. The van der Waals surface area contributed by atoms with Crippen LogP contribution in [0.25, 0.3) is 0 Å². The Morgan fingerprint density at radius 3 is 2.55 bits per heavy atom. The highest BCUT2D eigenvalue weighted by Gasteiger charge is 2.41. The second kappa shape index (κ2) is 5.15. The van der Waals surface area contributed by atoms with E-state index in [1.165, 1.54) is 6.42 Å². The molecule has 3 rings (SSSR count). The van der Waals surface area contributed by atoms with E-state index in [0.29, 0.717) is 23.9 Å². The van der Waals surface area contributed by atoms with Gasteiger partial charge in [0.25, 0.3) is 0 Å². The molecule has 5 nitrogen and oxygen atoms in total. The van der Waals surface area contributed by atoms with E-state index in [-0.39, 0.29) is 10.9 Å². The highest BCUT2D eigenvalue weighted by molar-refractivity contribution is 7.89. The van der Waals surface area contributed by atoms with Crippen LogP contribution in [-0.2, 0) is 10.0 Å². The lowest BCUT2D eigenvalue weighted by Gasteiger charge is -2.43. The van der Waals surface area contributed by atoms with Crippen molar-refractivity contribution in [3.05, 3.63) is 11.5 Å². The SMILES string of the molecule is Cc1noc(C)c1S(=O)(=O)N1CCC[C@H]2CCCC[C@H]21. The van der Waals surface area contributed by atoms with Crippen molar-refractivity contribution in [1.82, 2.24) is 9.46 Å². The highest BCUT2D eigenvalue weighted by atomic mass is 32.2. The molecule has 0 N–H and O–H groups in total. The zero-order valence-electron chi connectivity index (χ0n) is 12.1. The van der Waals surface area contributed by atoms with E-state index in [9.17, 15) is 8.42 Å². The third kappa shape index (κ3) is 2.19. The van der Waals surface area contributed by atoms with Crippen molar-refractivity contribution in [1.29, 1.82) is 0 Å². The van der Waals surface area contributed by atoms with Gasteiger partial charge in [0.15, 0.2) is 5.76 Å². The van der Waals surface area contributed by atoms with Gasteiger partial charge in [-0.1, -0.05) is 18.0 Å². The van der Waals surface area contributed by atoms with E-state index in [0.717, 1.165) is 32.1 Å². The molecular formula is C14H22N2O3S. The van der Waals surface area contributed by atoms with Gasteiger partial charge in [0.2, 0.25) is 10.0 Å². The van der Waals surface area contributed by atoms with Crippen molar-refractivity contribution < 1.29 is 12.9 Å². The van der Waals surface area contributed by atoms with Crippen molar-refractivity contribution in [3.63, 3.8) is 0 Å². The number of rotatable bonds is 2. The lowest BCUT2D eigenvalue weighted by atomic mass is 9.79. The van der Waals surface area contributed by atoms with Gasteiger partial charge >= 0.3 is 0 Å². The van der Waals surface area contributed by atoms with Crippen LogP contribution in [0.3, 0.4) is 0 Å². The standard InChI is InChI=1S/C14H22N2O3S/c1-10-14(11(2)19-15-10)20(17,18)16-9-5-7-12-6-3-4-8-13(12)16/h12-13H,3-9H2,1-2H3/t12-,13-/m1/s1. The number of sulfonamides is 1. The molecule has 1 aromatic heterocycles. The number of aromatic nitrogens is 1. The van der Waals surface area contributed by atoms with Crippen LogP contribution in [0.1, 0.15) is 50.0 Å². The average Bonchev–Trinajstić information content (AvgIpc) is 2.78. The van der Waals surface area contributed by atoms with Crippen LogP contribution >= 0.6 is 0 Å². The molecule has 1 aliphatic heterocycles. The van der Waals surface area contributed by atoms with E-state index in [4.69, 9.17) is 4.52 Å². The van der Waals surface area contributed by atoms with Gasteiger partial charge in [-0.3, -0.25) is 0 Å². The summed E-state index contributed by atoms with van der Waals surface area (Å²) < 4.78 is 32.7. The Morgan fingerprint density at radius 2 is 1.85 bits per heavy atom. The molecule has 0 amide bonds. The quantitative estimate of drug-likeness (QED) is 0.842. The van der Waals surface area contributed by atoms with Gasteiger partial charge in [0.1, 0.15) is 10.6 Å². The van der Waals surface area contributed by atoms with Crippen LogP contribution < -0.4 is 0 Å². The first-order valence-electron chi connectivity index (χ1n) is 7.46. The molecule has 0 bridgehead atoms. The summed E-state index contributed by atoms with van der Waals surface area (Å²) in [5.74, 6) is 0.938. The van der Waals surface area contributed by atoms with Crippen molar-refractivity contribution in [2.45, 2.75) is 63.3 Å². The Bertz CT molecular complexity index is 572. The van der Waals surface area contributed by atoms with Crippen LogP contribution in [0, 0.1) is 19.8 Å². The molecule has 2 fully saturated rings. The van der Waals surface area contributed by atoms with E-state index >= 15 is 0 Å². The minimum absolute atomic E-state index is 0.177. The number of nitrogens with zero attached hydrogens (tertiary/aromatic N) is 2. The summed E-state index contributed by atoms with van der Waals surface area (Å²) in [6.45, 7) is 4.01. The van der Waals surface area contributed by atoms with Gasteiger partial charge in [-0.25, -0.2) is 8.42 Å². The summed E-state index contributed by atoms with van der Waals surface area (Å²) >= 11 is 0. The maximum atomic E-state index is 13.0. The van der Waals surface area contributed by atoms with Crippen LogP contribution in [-0.4, -0.2) is 30.5 Å². The molecule has 6 heteroatoms. The fourth-order valence-corrected chi connectivity index (χ4v) is 5.89. The van der Waals surface area contributed by atoms with Crippen LogP contribution in [0.4, 0.5) is 0 Å². The first kappa shape index (κ1) is 14.1. The number of hydrogen-bond acceptors (Lipinski definition) is 4. The Labute approximate surface area is 120 Å². The smallest absolute Gasteiger partial charge is 0.248 e. The molecule has 2 atom stereocenters. The van der Waals surface area contributed by atoms with Crippen molar-refractivity contribution in [2.75, 3.05) is 6.54 Å². The highest BCUT2D eigenvalue weighted by Crippen LogP contribution is 2.38. The zero-order valence-corrected chi connectivity index (χ0v) is 12.9.